The zero-order valence-electron chi connectivity index (χ0n) is 15.5. The molecule has 0 bridgehead atoms. The van der Waals surface area contributed by atoms with Crippen LogP contribution in [-0.4, -0.2) is 26.5 Å². The molecule has 0 aromatic heterocycles. The number of nitrogens with zero attached hydrogens (tertiary/aromatic N) is 1. The minimum Gasteiger partial charge on any atom is -0.478 e. The average molecular weight is 431 g/mol. The number of rotatable bonds is 7. The van der Waals surface area contributed by atoms with Crippen LogP contribution in [0.4, 0.5) is 11.4 Å². The largest absolute Gasteiger partial charge is 0.478 e. The third kappa shape index (κ3) is 4.88. The molecule has 29 heavy (non-hydrogen) atoms. The molecule has 0 fully saturated rings. The standard InChI is InChI=1S/C21H19ClN2O4S/c1-24(14-15-7-3-2-4-8-15)19-12-11-16(13-17(19)21(25)26)23-29(27,28)20-10-6-5-9-18(20)22/h2-13,23H,14H2,1H3,(H,25,26). The van der Waals surface area contributed by atoms with E-state index in [2.05, 4.69) is 4.72 Å². The zero-order chi connectivity index (χ0) is 21.0. The Labute approximate surface area is 174 Å². The SMILES string of the molecule is CN(Cc1ccccc1)c1ccc(NS(=O)(=O)c2ccccc2Cl)cc1C(=O)O. The molecule has 0 amide bonds. The molecule has 0 heterocycles. The predicted molar refractivity (Wildman–Crippen MR) is 114 cm³/mol. The minimum absolute atomic E-state index is 0.0113. The highest BCUT2D eigenvalue weighted by atomic mass is 35.5. The van der Waals surface area contributed by atoms with Gasteiger partial charge in [-0.25, -0.2) is 13.2 Å². The molecule has 3 rings (SSSR count). The van der Waals surface area contributed by atoms with Crippen LogP contribution in [0.3, 0.4) is 0 Å². The zero-order valence-corrected chi connectivity index (χ0v) is 17.1. The predicted octanol–water partition coefficient (Wildman–Crippen LogP) is 4.48. The average Bonchev–Trinajstić information content (AvgIpc) is 2.68. The van der Waals surface area contributed by atoms with Gasteiger partial charge < -0.3 is 10.0 Å². The van der Waals surface area contributed by atoms with Crippen molar-refractivity contribution in [2.24, 2.45) is 0 Å². The van der Waals surface area contributed by atoms with Crippen molar-refractivity contribution in [3.63, 3.8) is 0 Å². The number of hydrogen-bond acceptors (Lipinski definition) is 4. The van der Waals surface area contributed by atoms with Crippen LogP contribution < -0.4 is 9.62 Å². The highest BCUT2D eigenvalue weighted by Gasteiger charge is 2.20. The van der Waals surface area contributed by atoms with Crippen LogP contribution in [0, 0.1) is 0 Å². The summed E-state index contributed by atoms with van der Waals surface area (Å²) in [6, 6.07) is 20.1. The number of carboxylic acid groups (broad SMARTS) is 1. The third-order valence-electron chi connectivity index (χ3n) is 4.28. The van der Waals surface area contributed by atoms with E-state index >= 15 is 0 Å². The summed E-state index contributed by atoms with van der Waals surface area (Å²) in [5, 5.41) is 9.72. The molecule has 0 aliphatic rings. The highest BCUT2D eigenvalue weighted by molar-refractivity contribution is 7.92. The molecule has 0 aliphatic carbocycles. The Morgan fingerprint density at radius 2 is 1.69 bits per heavy atom. The second kappa shape index (κ2) is 8.55. The first-order valence-electron chi connectivity index (χ1n) is 8.67. The van der Waals surface area contributed by atoms with Crippen molar-refractivity contribution in [2.45, 2.75) is 11.4 Å². The number of hydrogen-bond donors (Lipinski definition) is 2. The molecule has 3 aromatic carbocycles. The molecule has 3 aromatic rings. The number of aromatic carboxylic acids is 1. The van der Waals surface area contributed by atoms with Crippen molar-refractivity contribution in [3.05, 3.63) is 88.9 Å². The van der Waals surface area contributed by atoms with Gasteiger partial charge in [-0.3, -0.25) is 4.72 Å². The van der Waals surface area contributed by atoms with E-state index < -0.39 is 16.0 Å². The first-order valence-corrected chi connectivity index (χ1v) is 10.5. The molecular weight excluding hydrogens is 412 g/mol. The van der Waals surface area contributed by atoms with Crippen molar-refractivity contribution in [1.29, 1.82) is 0 Å². The maximum atomic E-state index is 12.6. The lowest BCUT2D eigenvalue weighted by atomic mass is 10.1. The fourth-order valence-corrected chi connectivity index (χ4v) is 4.49. The maximum Gasteiger partial charge on any atom is 0.337 e. The van der Waals surface area contributed by atoms with Crippen LogP contribution in [0.1, 0.15) is 15.9 Å². The van der Waals surface area contributed by atoms with E-state index in [-0.39, 0.29) is 21.2 Å². The fraction of sp³-hybridized carbons (Fsp3) is 0.0952. The van der Waals surface area contributed by atoms with Crippen molar-refractivity contribution < 1.29 is 18.3 Å². The number of carboxylic acids is 1. The number of anilines is 2. The van der Waals surface area contributed by atoms with Crippen LogP contribution >= 0.6 is 11.6 Å². The Balaban J connectivity index is 1.90. The van der Waals surface area contributed by atoms with Crippen LogP contribution in [0.5, 0.6) is 0 Å². The molecule has 0 unspecified atom stereocenters. The van der Waals surface area contributed by atoms with Crippen molar-refractivity contribution in [1.82, 2.24) is 0 Å². The van der Waals surface area contributed by atoms with Gasteiger partial charge in [0.05, 0.1) is 16.3 Å². The first-order chi connectivity index (χ1) is 13.8. The molecule has 0 aliphatic heterocycles. The van der Waals surface area contributed by atoms with Crippen LogP contribution in [-0.2, 0) is 16.6 Å². The topological polar surface area (TPSA) is 86.7 Å². The quantitative estimate of drug-likeness (QED) is 0.577. The molecule has 0 spiro atoms. The number of nitrogens with one attached hydrogen (secondary N) is 1. The molecule has 2 N–H and O–H groups in total. The monoisotopic (exact) mass is 430 g/mol. The second-order valence-corrected chi connectivity index (χ2v) is 8.47. The van der Waals surface area contributed by atoms with E-state index in [0.717, 1.165) is 5.56 Å². The van der Waals surface area contributed by atoms with Gasteiger partial charge in [-0.1, -0.05) is 54.1 Å². The van der Waals surface area contributed by atoms with Crippen LogP contribution in [0.25, 0.3) is 0 Å². The van der Waals surface area contributed by atoms with Gasteiger partial charge in [0.25, 0.3) is 10.0 Å². The molecule has 0 atom stereocenters. The van der Waals surface area contributed by atoms with Gasteiger partial charge in [-0.15, -0.1) is 0 Å². The minimum atomic E-state index is -3.96. The Hall–Kier alpha value is -3.03. The molecule has 150 valence electrons. The number of sulfonamides is 1. The van der Waals surface area contributed by atoms with Crippen molar-refractivity contribution in [2.75, 3.05) is 16.7 Å². The van der Waals surface area contributed by atoms with Crippen LogP contribution in [0.2, 0.25) is 5.02 Å². The third-order valence-corrected chi connectivity index (χ3v) is 6.16. The Morgan fingerprint density at radius 3 is 2.34 bits per heavy atom. The highest BCUT2D eigenvalue weighted by Crippen LogP contribution is 2.28. The summed E-state index contributed by atoms with van der Waals surface area (Å²) in [6.45, 7) is 0.506. The summed E-state index contributed by atoms with van der Waals surface area (Å²) in [5.41, 5.74) is 1.62. The van der Waals surface area contributed by atoms with Gasteiger partial charge in [0.2, 0.25) is 0 Å². The van der Waals surface area contributed by atoms with E-state index in [1.54, 1.807) is 30.1 Å². The van der Waals surface area contributed by atoms with Gasteiger partial charge in [0.1, 0.15) is 4.90 Å². The summed E-state index contributed by atoms with van der Waals surface area (Å²) in [5.74, 6) is -1.15. The van der Waals surface area contributed by atoms with E-state index in [1.165, 1.54) is 24.3 Å². The van der Waals surface area contributed by atoms with Gasteiger partial charge in [0, 0.05) is 19.3 Å². The molecular formula is C21H19ClN2O4S. The number of halogens is 1. The summed E-state index contributed by atoms with van der Waals surface area (Å²) < 4.78 is 27.6. The second-order valence-electron chi connectivity index (χ2n) is 6.41. The van der Waals surface area contributed by atoms with Crippen molar-refractivity contribution >= 4 is 39.0 Å². The Kier molecular flexibility index (Phi) is 6.10. The van der Waals surface area contributed by atoms with E-state index in [1.807, 2.05) is 30.3 Å². The summed E-state index contributed by atoms with van der Waals surface area (Å²) in [6.07, 6.45) is 0. The van der Waals surface area contributed by atoms with Crippen LogP contribution in [0.15, 0.2) is 77.7 Å². The summed E-state index contributed by atoms with van der Waals surface area (Å²) in [4.78, 5) is 13.5. The molecule has 0 radical (unpaired) electrons. The van der Waals surface area contributed by atoms with Gasteiger partial charge >= 0.3 is 5.97 Å². The van der Waals surface area contributed by atoms with Crippen molar-refractivity contribution in [3.8, 4) is 0 Å². The van der Waals surface area contributed by atoms with Gasteiger partial charge in [0.15, 0.2) is 0 Å². The smallest absolute Gasteiger partial charge is 0.337 e. The Bertz CT molecular complexity index is 1130. The molecule has 0 saturated carbocycles. The first kappa shape index (κ1) is 20.7. The fourth-order valence-electron chi connectivity index (χ4n) is 2.92. The lowest BCUT2D eigenvalue weighted by Gasteiger charge is -2.22. The molecule has 6 nitrogen and oxygen atoms in total. The normalized spacial score (nSPS) is 11.1. The van der Waals surface area contributed by atoms with E-state index in [9.17, 15) is 18.3 Å². The molecule has 8 heteroatoms. The Morgan fingerprint density at radius 1 is 1.03 bits per heavy atom. The van der Waals surface area contributed by atoms with E-state index in [0.29, 0.717) is 12.2 Å². The van der Waals surface area contributed by atoms with E-state index in [4.69, 9.17) is 11.6 Å². The number of benzene rings is 3. The molecule has 0 saturated heterocycles. The van der Waals surface area contributed by atoms with Gasteiger partial charge in [-0.05, 0) is 35.9 Å². The lowest BCUT2D eigenvalue weighted by Crippen LogP contribution is -2.20. The maximum absolute atomic E-state index is 12.6. The van der Waals surface area contributed by atoms with Gasteiger partial charge in [-0.2, -0.15) is 0 Å². The summed E-state index contributed by atoms with van der Waals surface area (Å²) in [7, 11) is -2.18. The number of carbonyl (C=O) groups is 1. The lowest BCUT2D eigenvalue weighted by molar-refractivity contribution is 0.0697. The summed E-state index contributed by atoms with van der Waals surface area (Å²) >= 11 is 5.98.